The molecule has 1 unspecified atom stereocenters. The van der Waals surface area contributed by atoms with Gasteiger partial charge >= 0.3 is 13.2 Å². The van der Waals surface area contributed by atoms with Crippen LogP contribution in [0.2, 0.25) is 0 Å². The van der Waals surface area contributed by atoms with Crippen LogP contribution in [-0.4, -0.2) is 64.9 Å². The summed E-state index contributed by atoms with van der Waals surface area (Å²) in [4.78, 5) is 35.2. The largest absolute Gasteiger partial charge is 0.494 e. The van der Waals surface area contributed by atoms with Crippen molar-refractivity contribution in [2.75, 3.05) is 13.7 Å². The van der Waals surface area contributed by atoms with Crippen molar-refractivity contribution in [3.8, 4) is 11.3 Å². The van der Waals surface area contributed by atoms with Crippen LogP contribution in [0.25, 0.3) is 22.0 Å². The van der Waals surface area contributed by atoms with Crippen LogP contribution in [-0.2, 0) is 18.8 Å². The average Bonchev–Trinajstić information content (AvgIpc) is 3.63. The molecule has 3 aromatic rings. The highest BCUT2D eigenvalue weighted by Crippen LogP contribution is 2.37. The molecule has 5 rings (SSSR count). The van der Waals surface area contributed by atoms with Gasteiger partial charge in [0.1, 0.15) is 11.9 Å². The number of amides is 2. The minimum absolute atomic E-state index is 0.0806. The van der Waals surface area contributed by atoms with Crippen molar-refractivity contribution in [1.29, 1.82) is 0 Å². The van der Waals surface area contributed by atoms with Gasteiger partial charge in [0, 0.05) is 12.1 Å². The smallest absolute Gasteiger partial charge is 0.453 e. The highest BCUT2D eigenvalue weighted by atomic mass is 16.7. The van der Waals surface area contributed by atoms with Gasteiger partial charge in [0.05, 0.1) is 36.2 Å². The number of carbonyl (C=O) groups is 2. The molecule has 0 aliphatic carbocycles. The second-order valence-corrected chi connectivity index (χ2v) is 12.1. The van der Waals surface area contributed by atoms with Crippen LogP contribution in [0.4, 0.5) is 4.79 Å². The van der Waals surface area contributed by atoms with Gasteiger partial charge in [-0.25, -0.2) is 9.78 Å². The van der Waals surface area contributed by atoms with Crippen molar-refractivity contribution < 1.29 is 23.6 Å². The maximum atomic E-state index is 13.4. The van der Waals surface area contributed by atoms with Gasteiger partial charge in [-0.2, -0.15) is 0 Å². The molecular formula is C30H39BN4O5. The topological polar surface area (TPSA) is 106 Å². The zero-order valence-electron chi connectivity index (χ0n) is 24.4. The van der Waals surface area contributed by atoms with Crippen LogP contribution in [0.1, 0.15) is 66.3 Å². The summed E-state index contributed by atoms with van der Waals surface area (Å²) in [6.07, 6.45) is 2.89. The summed E-state index contributed by atoms with van der Waals surface area (Å²) in [6.45, 7) is 12.7. The van der Waals surface area contributed by atoms with Crippen molar-refractivity contribution in [2.24, 2.45) is 5.92 Å². The lowest BCUT2D eigenvalue weighted by Gasteiger charge is -2.32. The van der Waals surface area contributed by atoms with E-state index in [1.54, 1.807) is 0 Å². The van der Waals surface area contributed by atoms with E-state index in [4.69, 9.17) is 14.0 Å². The monoisotopic (exact) mass is 546 g/mol. The van der Waals surface area contributed by atoms with Crippen molar-refractivity contribution in [2.45, 2.75) is 77.7 Å². The zero-order chi connectivity index (χ0) is 28.8. The van der Waals surface area contributed by atoms with E-state index in [-0.39, 0.29) is 29.1 Å². The number of benzene rings is 2. The van der Waals surface area contributed by atoms with Gasteiger partial charge in [0.25, 0.3) is 0 Å². The Morgan fingerprint density at radius 1 is 1.10 bits per heavy atom. The maximum Gasteiger partial charge on any atom is 0.494 e. The molecular weight excluding hydrogens is 507 g/mol. The number of H-pyrrole nitrogens is 1. The first kappa shape index (κ1) is 28.2. The van der Waals surface area contributed by atoms with Crippen LogP contribution in [0.15, 0.2) is 42.6 Å². The van der Waals surface area contributed by atoms with E-state index in [9.17, 15) is 9.59 Å². The molecule has 2 saturated heterocycles. The molecule has 2 amide bonds. The molecule has 2 fully saturated rings. The quantitative estimate of drug-likeness (QED) is 0.439. The lowest BCUT2D eigenvalue weighted by atomic mass is 9.78. The van der Waals surface area contributed by atoms with E-state index >= 15 is 0 Å². The fraction of sp³-hybridized carbons (Fsp3) is 0.500. The van der Waals surface area contributed by atoms with E-state index in [0.29, 0.717) is 6.54 Å². The molecule has 2 atom stereocenters. The highest BCUT2D eigenvalue weighted by molar-refractivity contribution is 6.62. The third-order valence-corrected chi connectivity index (χ3v) is 8.54. The van der Waals surface area contributed by atoms with Crippen molar-refractivity contribution in [1.82, 2.24) is 20.2 Å². The Hall–Kier alpha value is -3.37. The first-order valence-corrected chi connectivity index (χ1v) is 14.0. The highest BCUT2D eigenvalue weighted by Gasteiger charge is 2.51. The fourth-order valence-electron chi connectivity index (χ4n) is 5.40. The van der Waals surface area contributed by atoms with Gasteiger partial charge in [0.15, 0.2) is 0 Å². The van der Waals surface area contributed by atoms with E-state index < -0.39 is 19.3 Å². The number of imidazole rings is 1. The van der Waals surface area contributed by atoms with Crippen molar-refractivity contribution in [3.63, 3.8) is 0 Å². The summed E-state index contributed by atoms with van der Waals surface area (Å²) in [5.74, 6) is 0.546. The van der Waals surface area contributed by atoms with Crippen LogP contribution in [0, 0.1) is 5.92 Å². The lowest BCUT2D eigenvalue weighted by molar-refractivity contribution is -0.135. The Balaban J connectivity index is 1.34. The number of hydrogen-bond acceptors (Lipinski definition) is 6. The standard InChI is InChI=1S/C30H39BN4O5/c1-18(2)25(34-28(37)38-7)27(36)35-14-8-9-24(35)26-32-17-23(33-26)21-11-10-20-16-22(13-12-19(20)15-21)31-39-29(3,4)30(5,6)40-31/h10-13,15-18,24-25H,8-9,14H2,1-7H3,(H,32,33)(H,34,37)/t24-,25?/m0/s1. The van der Waals surface area contributed by atoms with Gasteiger partial charge in [-0.1, -0.05) is 44.2 Å². The average molecular weight is 546 g/mol. The Morgan fingerprint density at radius 3 is 2.45 bits per heavy atom. The number of nitrogens with one attached hydrogen (secondary N) is 2. The maximum absolute atomic E-state index is 13.4. The lowest BCUT2D eigenvalue weighted by Crippen LogP contribution is -2.51. The molecule has 212 valence electrons. The third kappa shape index (κ3) is 5.22. The summed E-state index contributed by atoms with van der Waals surface area (Å²) >= 11 is 0. The summed E-state index contributed by atoms with van der Waals surface area (Å²) in [7, 11) is 0.894. The molecule has 0 saturated carbocycles. The van der Waals surface area contributed by atoms with Gasteiger partial charge < -0.3 is 29.2 Å². The van der Waals surface area contributed by atoms with Crippen LogP contribution in [0.3, 0.4) is 0 Å². The molecule has 2 aliphatic heterocycles. The predicted octanol–water partition coefficient (Wildman–Crippen LogP) is 4.57. The van der Waals surface area contributed by atoms with Gasteiger partial charge in [-0.15, -0.1) is 0 Å². The summed E-state index contributed by atoms with van der Waals surface area (Å²) in [6, 6.07) is 11.7. The number of carbonyl (C=O) groups excluding carboxylic acids is 2. The van der Waals surface area contributed by atoms with E-state index in [0.717, 1.165) is 46.2 Å². The Kier molecular flexibility index (Phi) is 7.44. The van der Waals surface area contributed by atoms with Gasteiger partial charge in [-0.3, -0.25) is 4.79 Å². The van der Waals surface area contributed by atoms with Crippen LogP contribution >= 0.6 is 0 Å². The summed E-state index contributed by atoms with van der Waals surface area (Å²) in [5, 5.41) is 4.89. The van der Waals surface area contributed by atoms with Crippen LogP contribution in [0.5, 0.6) is 0 Å². The first-order chi connectivity index (χ1) is 18.9. The van der Waals surface area contributed by atoms with Crippen molar-refractivity contribution >= 4 is 35.4 Å². The molecule has 9 nitrogen and oxygen atoms in total. The Morgan fingerprint density at radius 2 is 1.77 bits per heavy atom. The first-order valence-electron chi connectivity index (χ1n) is 14.0. The van der Waals surface area contributed by atoms with E-state index in [1.807, 2.05) is 24.9 Å². The number of hydrogen-bond donors (Lipinski definition) is 2. The van der Waals surface area contributed by atoms with Gasteiger partial charge in [0.2, 0.25) is 5.91 Å². The number of nitrogens with zero attached hydrogens (tertiary/aromatic N) is 2. The molecule has 0 bridgehead atoms. The molecule has 0 spiro atoms. The number of likely N-dealkylation sites (tertiary alicyclic amines) is 1. The summed E-state index contributed by atoms with van der Waals surface area (Å²) < 4.78 is 17.2. The number of ether oxygens (including phenoxy) is 1. The molecule has 40 heavy (non-hydrogen) atoms. The normalized spacial score (nSPS) is 20.8. The Bertz CT molecular complexity index is 1400. The molecule has 1 aromatic heterocycles. The van der Waals surface area contributed by atoms with E-state index in [2.05, 4.69) is 79.4 Å². The van der Waals surface area contributed by atoms with E-state index in [1.165, 1.54) is 7.11 Å². The van der Waals surface area contributed by atoms with Crippen molar-refractivity contribution in [3.05, 3.63) is 48.4 Å². The Labute approximate surface area is 236 Å². The minimum atomic E-state index is -0.662. The number of alkyl carbamates (subject to hydrolysis) is 1. The molecule has 2 aliphatic rings. The fourth-order valence-corrected chi connectivity index (χ4v) is 5.40. The SMILES string of the molecule is COC(=O)NC(C(=O)N1CCC[C@H]1c1ncc(-c2ccc3cc(B4OC(C)(C)C(C)(C)O4)ccc3c2)[nH]1)C(C)C. The summed E-state index contributed by atoms with van der Waals surface area (Å²) in [5.41, 5.74) is 2.12. The predicted molar refractivity (Wildman–Crippen MR) is 155 cm³/mol. The zero-order valence-corrected chi connectivity index (χ0v) is 24.4. The molecule has 10 heteroatoms. The second-order valence-electron chi connectivity index (χ2n) is 12.1. The molecule has 0 radical (unpaired) electrons. The second kappa shape index (κ2) is 10.6. The number of aromatic amines is 1. The number of methoxy groups -OCH3 is 1. The number of aromatic nitrogens is 2. The molecule has 2 aromatic carbocycles. The van der Waals surface area contributed by atoms with Crippen LogP contribution < -0.4 is 10.8 Å². The third-order valence-electron chi connectivity index (χ3n) is 8.54. The minimum Gasteiger partial charge on any atom is -0.453 e. The molecule has 3 heterocycles. The molecule has 2 N–H and O–H groups in total. The number of fused-ring (bicyclic) bond motifs is 1. The van der Waals surface area contributed by atoms with Gasteiger partial charge in [-0.05, 0) is 68.8 Å². The number of rotatable bonds is 6.